The van der Waals surface area contributed by atoms with Crippen molar-refractivity contribution in [1.82, 2.24) is 9.78 Å². The average molecular weight is 377 g/mol. The normalized spacial score (nSPS) is 11.8. The lowest BCUT2D eigenvalue weighted by Gasteiger charge is -2.06. The number of amidine groups is 1. The fraction of sp³-hybridized carbons (Fsp3) is 0.0909. The number of nitrogens with two attached hydrogens (primary N) is 1. The van der Waals surface area contributed by atoms with Crippen molar-refractivity contribution in [2.75, 3.05) is 0 Å². The molecule has 0 saturated carbocycles. The third-order valence-corrected chi connectivity index (χ3v) is 3.30. The summed E-state index contributed by atoms with van der Waals surface area (Å²) in [6, 6.07) is 5.26. The molecule has 2 aromatic rings. The first-order chi connectivity index (χ1) is 8.60. The van der Waals surface area contributed by atoms with Crippen molar-refractivity contribution in [3.63, 3.8) is 0 Å². The second-order valence-corrected chi connectivity index (χ2v) is 5.30. The van der Waals surface area contributed by atoms with E-state index in [1.165, 1.54) is 0 Å². The van der Waals surface area contributed by atoms with Crippen LogP contribution in [0.25, 0.3) is 0 Å². The highest BCUT2D eigenvalue weighted by Gasteiger charge is 2.06. The molecule has 5 nitrogen and oxygen atoms in total. The second kappa shape index (κ2) is 5.57. The molecule has 0 unspecified atom stereocenters. The van der Waals surface area contributed by atoms with Crippen molar-refractivity contribution in [2.24, 2.45) is 10.9 Å². The van der Waals surface area contributed by atoms with E-state index in [0.717, 1.165) is 9.13 Å². The highest BCUT2D eigenvalue weighted by atomic mass is 127. The Morgan fingerprint density at radius 2 is 2.33 bits per heavy atom. The Kier molecular flexibility index (Phi) is 4.07. The third-order valence-electron chi connectivity index (χ3n) is 2.39. The van der Waals surface area contributed by atoms with Crippen molar-refractivity contribution in [2.45, 2.75) is 6.54 Å². The van der Waals surface area contributed by atoms with Crippen LogP contribution in [0.15, 0.2) is 35.7 Å². The SMILES string of the molecule is N/C(=N/O)c1ccc(Cn2cc(I)cn2)c(Cl)c1. The molecule has 0 bridgehead atoms. The zero-order valence-corrected chi connectivity index (χ0v) is 12.1. The van der Waals surface area contributed by atoms with Gasteiger partial charge < -0.3 is 10.9 Å². The zero-order chi connectivity index (χ0) is 13.1. The lowest BCUT2D eigenvalue weighted by molar-refractivity contribution is 0.318. The van der Waals surface area contributed by atoms with Crippen LogP contribution in [-0.2, 0) is 6.54 Å². The van der Waals surface area contributed by atoms with Gasteiger partial charge in [-0.15, -0.1) is 0 Å². The van der Waals surface area contributed by atoms with Crippen molar-refractivity contribution in [3.05, 3.63) is 50.3 Å². The monoisotopic (exact) mass is 376 g/mol. The first kappa shape index (κ1) is 13.2. The molecule has 1 heterocycles. The summed E-state index contributed by atoms with van der Waals surface area (Å²) in [5.41, 5.74) is 7.00. The van der Waals surface area contributed by atoms with Crippen LogP contribution in [0.2, 0.25) is 5.02 Å². The highest BCUT2D eigenvalue weighted by Crippen LogP contribution is 2.19. The van der Waals surface area contributed by atoms with E-state index in [1.807, 2.05) is 12.3 Å². The molecule has 94 valence electrons. The molecule has 0 atom stereocenters. The molecule has 0 aliphatic carbocycles. The minimum atomic E-state index is 0.0390. The first-order valence-electron chi connectivity index (χ1n) is 5.04. The lowest BCUT2D eigenvalue weighted by Crippen LogP contribution is -2.13. The molecular weight excluding hydrogens is 367 g/mol. The van der Waals surface area contributed by atoms with Crippen molar-refractivity contribution in [3.8, 4) is 0 Å². The Labute approximate surface area is 122 Å². The number of hydrogen-bond acceptors (Lipinski definition) is 3. The van der Waals surface area contributed by atoms with E-state index in [9.17, 15) is 0 Å². The molecule has 0 spiro atoms. The summed E-state index contributed by atoms with van der Waals surface area (Å²) in [4.78, 5) is 0. The molecule has 1 aromatic carbocycles. The van der Waals surface area contributed by atoms with Gasteiger partial charge in [-0.1, -0.05) is 28.9 Å². The highest BCUT2D eigenvalue weighted by molar-refractivity contribution is 14.1. The van der Waals surface area contributed by atoms with E-state index < -0.39 is 0 Å². The fourth-order valence-electron chi connectivity index (χ4n) is 1.49. The molecule has 18 heavy (non-hydrogen) atoms. The Balaban J connectivity index is 2.25. The Morgan fingerprint density at radius 1 is 1.56 bits per heavy atom. The molecular formula is C11H10ClIN4O. The summed E-state index contributed by atoms with van der Waals surface area (Å²) in [5, 5.41) is 16.3. The number of halogens is 2. The quantitative estimate of drug-likeness (QED) is 0.284. The Bertz CT molecular complexity index is 596. The third kappa shape index (κ3) is 2.94. The van der Waals surface area contributed by atoms with Crippen LogP contribution < -0.4 is 5.73 Å². The van der Waals surface area contributed by atoms with Crippen LogP contribution in [0, 0.1) is 3.57 Å². The molecule has 0 aliphatic heterocycles. The van der Waals surface area contributed by atoms with E-state index in [0.29, 0.717) is 17.1 Å². The van der Waals surface area contributed by atoms with Gasteiger partial charge in [-0.3, -0.25) is 4.68 Å². The predicted octanol–water partition coefficient (Wildman–Crippen LogP) is 2.28. The smallest absolute Gasteiger partial charge is 0.170 e. The second-order valence-electron chi connectivity index (χ2n) is 3.65. The topological polar surface area (TPSA) is 76.4 Å². The molecule has 2 rings (SSSR count). The standard InChI is InChI=1S/C11H10ClIN4O/c12-10-3-7(11(14)16-18)1-2-8(10)5-17-6-9(13)4-15-17/h1-4,6,18H,5H2,(H2,14,16). The first-order valence-corrected chi connectivity index (χ1v) is 6.50. The van der Waals surface area contributed by atoms with Crippen LogP contribution in [0.1, 0.15) is 11.1 Å². The Hall–Kier alpha value is -1.28. The largest absolute Gasteiger partial charge is 0.409 e. The van der Waals surface area contributed by atoms with Gasteiger partial charge in [0.25, 0.3) is 0 Å². The number of aromatic nitrogens is 2. The van der Waals surface area contributed by atoms with Crippen LogP contribution in [-0.4, -0.2) is 20.8 Å². The van der Waals surface area contributed by atoms with Gasteiger partial charge in [0.1, 0.15) is 0 Å². The fourth-order valence-corrected chi connectivity index (χ4v) is 2.18. The van der Waals surface area contributed by atoms with Gasteiger partial charge in [-0.2, -0.15) is 5.10 Å². The average Bonchev–Trinajstić information content (AvgIpc) is 2.76. The zero-order valence-electron chi connectivity index (χ0n) is 9.22. The molecule has 7 heteroatoms. The number of hydrogen-bond donors (Lipinski definition) is 2. The summed E-state index contributed by atoms with van der Waals surface area (Å²) in [5.74, 6) is 0.0390. The van der Waals surface area contributed by atoms with Crippen LogP contribution in [0.3, 0.4) is 0 Å². The molecule has 0 radical (unpaired) electrons. The maximum atomic E-state index is 8.59. The summed E-state index contributed by atoms with van der Waals surface area (Å²) < 4.78 is 2.86. The predicted molar refractivity (Wildman–Crippen MR) is 78.0 cm³/mol. The summed E-state index contributed by atoms with van der Waals surface area (Å²) >= 11 is 8.35. The van der Waals surface area contributed by atoms with E-state index in [-0.39, 0.29) is 5.84 Å². The molecule has 0 amide bonds. The van der Waals surface area contributed by atoms with Gasteiger partial charge in [0.2, 0.25) is 0 Å². The number of nitrogens with zero attached hydrogens (tertiary/aromatic N) is 3. The van der Waals surface area contributed by atoms with Crippen LogP contribution in [0.4, 0.5) is 0 Å². The van der Waals surface area contributed by atoms with Crippen molar-refractivity contribution < 1.29 is 5.21 Å². The van der Waals surface area contributed by atoms with Crippen molar-refractivity contribution in [1.29, 1.82) is 0 Å². The van der Waals surface area contributed by atoms with Gasteiger partial charge in [0.05, 0.1) is 16.3 Å². The molecule has 1 aromatic heterocycles. The van der Waals surface area contributed by atoms with E-state index in [1.54, 1.807) is 23.0 Å². The number of rotatable bonds is 3. The summed E-state index contributed by atoms with van der Waals surface area (Å²) in [6.07, 6.45) is 3.70. The van der Waals surface area contributed by atoms with E-state index in [2.05, 4.69) is 32.8 Å². The van der Waals surface area contributed by atoms with Gasteiger partial charge in [-0.05, 0) is 34.2 Å². The van der Waals surface area contributed by atoms with Gasteiger partial charge in [0, 0.05) is 16.8 Å². The molecule has 3 N–H and O–H groups in total. The lowest BCUT2D eigenvalue weighted by atomic mass is 10.1. The maximum absolute atomic E-state index is 8.59. The van der Waals surface area contributed by atoms with Gasteiger partial charge in [0.15, 0.2) is 5.84 Å². The van der Waals surface area contributed by atoms with Crippen LogP contribution in [0.5, 0.6) is 0 Å². The number of benzene rings is 1. The molecule has 0 fully saturated rings. The van der Waals surface area contributed by atoms with E-state index >= 15 is 0 Å². The van der Waals surface area contributed by atoms with Gasteiger partial charge in [-0.25, -0.2) is 0 Å². The number of oxime groups is 1. The minimum absolute atomic E-state index is 0.0390. The van der Waals surface area contributed by atoms with Gasteiger partial charge >= 0.3 is 0 Å². The minimum Gasteiger partial charge on any atom is -0.409 e. The van der Waals surface area contributed by atoms with Crippen molar-refractivity contribution >= 4 is 40.0 Å². The van der Waals surface area contributed by atoms with E-state index in [4.69, 9.17) is 22.5 Å². The molecule has 0 aliphatic rings. The summed E-state index contributed by atoms with van der Waals surface area (Å²) in [6.45, 7) is 0.582. The molecule has 0 saturated heterocycles. The maximum Gasteiger partial charge on any atom is 0.170 e. The Morgan fingerprint density at radius 3 is 2.89 bits per heavy atom. The summed E-state index contributed by atoms with van der Waals surface area (Å²) in [7, 11) is 0. The van der Waals surface area contributed by atoms with Crippen LogP contribution >= 0.6 is 34.2 Å².